The molecule has 0 aliphatic carbocycles. The third-order valence-corrected chi connectivity index (χ3v) is 7.80. The lowest BCUT2D eigenvalue weighted by Gasteiger charge is -2.28. The van der Waals surface area contributed by atoms with Gasteiger partial charge in [-0.15, -0.1) is 11.3 Å². The number of hydrogen-bond donors (Lipinski definition) is 1. The summed E-state index contributed by atoms with van der Waals surface area (Å²) in [5.74, 6) is -0.908. The summed E-state index contributed by atoms with van der Waals surface area (Å²) in [4.78, 5) is 39.4. The lowest BCUT2D eigenvalue weighted by atomic mass is 10.1. The Bertz CT molecular complexity index is 1520. The minimum atomic E-state index is -4.53. The molecule has 9 nitrogen and oxygen atoms in total. The van der Waals surface area contributed by atoms with Crippen LogP contribution in [0.15, 0.2) is 48.5 Å². The van der Waals surface area contributed by atoms with Gasteiger partial charge in [-0.05, 0) is 51.0 Å². The van der Waals surface area contributed by atoms with Gasteiger partial charge in [0.05, 0.1) is 19.2 Å². The van der Waals surface area contributed by atoms with Gasteiger partial charge in [0, 0.05) is 29.1 Å². The van der Waals surface area contributed by atoms with Crippen molar-refractivity contribution in [2.45, 2.75) is 52.0 Å². The molecule has 236 valence electrons. The zero-order chi connectivity index (χ0) is 32.2. The van der Waals surface area contributed by atoms with Crippen LogP contribution in [0, 0.1) is 0 Å². The van der Waals surface area contributed by atoms with E-state index in [-0.39, 0.29) is 31.7 Å². The van der Waals surface area contributed by atoms with Crippen molar-refractivity contribution >= 4 is 35.0 Å². The third kappa shape index (κ3) is 7.81. The maximum atomic E-state index is 13.8. The number of carbonyl (C=O) groups is 3. The number of methoxy groups -OCH3 is 1. The second-order valence-corrected chi connectivity index (χ2v) is 12.2. The Labute approximate surface area is 256 Å². The van der Waals surface area contributed by atoms with Gasteiger partial charge in [0.25, 0.3) is 0 Å². The van der Waals surface area contributed by atoms with Gasteiger partial charge >= 0.3 is 18.2 Å². The minimum Gasteiger partial charge on any atom is -0.492 e. The number of halogens is 3. The summed E-state index contributed by atoms with van der Waals surface area (Å²) in [6, 6.07) is 13.0. The van der Waals surface area contributed by atoms with E-state index in [0.717, 1.165) is 4.90 Å². The number of rotatable bonds is 10. The van der Waals surface area contributed by atoms with E-state index in [1.807, 2.05) is 0 Å². The molecule has 2 aromatic carbocycles. The fourth-order valence-corrected chi connectivity index (χ4v) is 5.74. The van der Waals surface area contributed by atoms with E-state index in [2.05, 4.69) is 0 Å². The monoisotopic (exact) mass is 634 g/mol. The van der Waals surface area contributed by atoms with Crippen LogP contribution in [0.4, 0.5) is 23.7 Å². The molecule has 44 heavy (non-hydrogen) atoms. The Morgan fingerprint density at radius 3 is 2.39 bits per heavy atom. The highest BCUT2D eigenvalue weighted by atomic mass is 32.1. The molecule has 2 amide bonds. The minimum absolute atomic E-state index is 0.0838. The predicted molar refractivity (Wildman–Crippen MR) is 158 cm³/mol. The van der Waals surface area contributed by atoms with Crippen LogP contribution in [-0.2, 0) is 33.5 Å². The quantitative estimate of drug-likeness (QED) is 0.267. The van der Waals surface area contributed by atoms with Gasteiger partial charge in [0.15, 0.2) is 11.5 Å². The van der Waals surface area contributed by atoms with Gasteiger partial charge in [-0.2, -0.15) is 13.2 Å². The number of alkyl halides is 3. The molecule has 0 spiro atoms. The van der Waals surface area contributed by atoms with Crippen LogP contribution < -0.4 is 14.4 Å². The van der Waals surface area contributed by atoms with Gasteiger partial charge in [0.2, 0.25) is 5.91 Å². The predicted octanol–water partition coefficient (Wildman–Crippen LogP) is 6.62. The van der Waals surface area contributed by atoms with Gasteiger partial charge in [0.1, 0.15) is 23.6 Å². The van der Waals surface area contributed by atoms with E-state index in [0.29, 0.717) is 50.9 Å². The number of nitrogens with zero attached hydrogens (tertiary/aromatic N) is 2. The first kappa shape index (κ1) is 32.6. The number of amides is 2. The topological polar surface area (TPSA) is 106 Å². The number of ether oxygens (including phenoxy) is 3. The Morgan fingerprint density at radius 2 is 1.77 bits per heavy atom. The molecular formula is C31H33F3N2O7S. The molecular weight excluding hydrogens is 601 g/mol. The summed E-state index contributed by atoms with van der Waals surface area (Å²) in [5.41, 5.74) is 0.894. The molecule has 1 N–H and O–H groups in total. The van der Waals surface area contributed by atoms with Crippen LogP contribution in [0.2, 0.25) is 0 Å². The fourth-order valence-electron chi connectivity index (χ4n) is 4.78. The first-order chi connectivity index (χ1) is 20.7. The number of carboxylic acid groups (broad SMARTS) is 1. The maximum absolute atomic E-state index is 13.8. The summed E-state index contributed by atoms with van der Waals surface area (Å²) in [6.07, 6.45) is -5.29. The number of anilines is 1. The van der Waals surface area contributed by atoms with E-state index in [4.69, 9.17) is 19.3 Å². The third-order valence-electron chi connectivity index (χ3n) is 6.65. The smallest absolute Gasteiger partial charge is 0.426 e. The number of carbonyl (C=O) groups excluding carboxylic acids is 2. The van der Waals surface area contributed by atoms with Gasteiger partial charge in [-0.1, -0.05) is 30.3 Å². The number of hydrogen-bond acceptors (Lipinski definition) is 7. The molecule has 0 saturated carbocycles. The van der Waals surface area contributed by atoms with E-state index in [1.54, 1.807) is 63.2 Å². The van der Waals surface area contributed by atoms with Gasteiger partial charge < -0.3 is 24.2 Å². The number of aliphatic carboxylic acids is 1. The number of benzene rings is 2. The van der Waals surface area contributed by atoms with E-state index < -0.39 is 41.2 Å². The molecule has 4 rings (SSSR count). The van der Waals surface area contributed by atoms with Crippen molar-refractivity contribution in [3.63, 3.8) is 0 Å². The van der Waals surface area contributed by atoms with Gasteiger partial charge in [-0.25, -0.2) is 4.79 Å². The lowest BCUT2D eigenvalue weighted by molar-refractivity contribution is -0.137. The van der Waals surface area contributed by atoms with Crippen molar-refractivity contribution in [3.05, 3.63) is 63.8 Å². The summed E-state index contributed by atoms with van der Waals surface area (Å²) >= 11 is 0.618. The molecule has 13 heteroatoms. The van der Waals surface area contributed by atoms with Crippen LogP contribution in [-0.4, -0.2) is 60.3 Å². The number of thiophene rings is 1. The summed E-state index contributed by atoms with van der Waals surface area (Å²) in [6.45, 7) is 4.54. The first-order valence-electron chi connectivity index (χ1n) is 13.8. The Kier molecular flexibility index (Phi) is 9.77. The number of carboxylic acids is 1. The van der Waals surface area contributed by atoms with Crippen molar-refractivity contribution in [2.24, 2.45) is 0 Å². The molecule has 0 bridgehead atoms. The molecule has 0 fully saturated rings. The molecule has 0 unspecified atom stereocenters. The van der Waals surface area contributed by atoms with Crippen LogP contribution in [0.5, 0.6) is 11.5 Å². The molecule has 0 radical (unpaired) electrons. The molecule has 1 aliphatic rings. The van der Waals surface area contributed by atoms with Crippen molar-refractivity contribution in [3.8, 4) is 22.6 Å². The average Bonchev–Trinajstić information content (AvgIpc) is 3.58. The number of fused-ring (bicyclic) bond motifs is 1. The van der Waals surface area contributed by atoms with E-state index >= 15 is 0 Å². The molecule has 2 heterocycles. The van der Waals surface area contributed by atoms with Crippen molar-refractivity contribution < 1.29 is 46.9 Å². The zero-order valence-corrected chi connectivity index (χ0v) is 25.5. The molecule has 3 aromatic rings. The largest absolute Gasteiger partial charge is 0.492 e. The Morgan fingerprint density at radius 1 is 1.07 bits per heavy atom. The van der Waals surface area contributed by atoms with Crippen LogP contribution >= 0.6 is 11.3 Å². The second-order valence-electron chi connectivity index (χ2n) is 11.0. The normalized spacial score (nSPS) is 12.9. The Balaban J connectivity index is 1.52. The summed E-state index contributed by atoms with van der Waals surface area (Å²) in [7, 11) is 1.43. The molecule has 0 atom stereocenters. The fraction of sp³-hybridized carbons (Fsp3) is 0.387. The van der Waals surface area contributed by atoms with Crippen molar-refractivity contribution in [2.75, 3.05) is 31.6 Å². The lowest BCUT2D eigenvalue weighted by Crippen LogP contribution is -2.45. The second kappa shape index (κ2) is 13.2. The highest BCUT2D eigenvalue weighted by Crippen LogP contribution is 2.45. The van der Waals surface area contributed by atoms with Crippen LogP contribution in [0.1, 0.15) is 42.5 Å². The van der Waals surface area contributed by atoms with E-state index in [9.17, 15) is 27.6 Å². The molecule has 0 saturated heterocycles. The molecule has 1 aromatic heterocycles. The highest BCUT2D eigenvalue weighted by molar-refractivity contribution is 7.12. The highest BCUT2D eigenvalue weighted by Gasteiger charge is 2.37. The van der Waals surface area contributed by atoms with E-state index in [1.165, 1.54) is 18.1 Å². The Hall–Kier alpha value is -4.26. The SMILES string of the molecule is COc1c(OCc2cc(-c3ccccc3)c(C(F)(F)F)s2)ccc2c1CCN2C(=O)CN(CCC(=O)O)C(=O)OC(C)(C)C. The first-order valence-corrected chi connectivity index (χ1v) is 14.6. The van der Waals surface area contributed by atoms with Crippen LogP contribution in [0.25, 0.3) is 11.1 Å². The summed E-state index contributed by atoms with van der Waals surface area (Å²) in [5, 5.41) is 9.11. The van der Waals surface area contributed by atoms with Crippen molar-refractivity contribution in [1.82, 2.24) is 4.90 Å². The van der Waals surface area contributed by atoms with Gasteiger partial charge in [-0.3, -0.25) is 14.5 Å². The average molecular weight is 635 g/mol. The van der Waals surface area contributed by atoms with Crippen LogP contribution in [0.3, 0.4) is 0 Å². The molecule has 1 aliphatic heterocycles. The zero-order valence-electron chi connectivity index (χ0n) is 24.7. The summed E-state index contributed by atoms with van der Waals surface area (Å²) < 4.78 is 58.4. The maximum Gasteiger partial charge on any atom is 0.426 e. The standard InChI is InChI=1S/C31H33F3N2O7S/c1-30(2,3)43-29(40)35(14-13-26(38)39)17-25(37)36-15-12-21-23(36)10-11-24(27(21)41-4)42-18-20-16-22(19-8-6-5-7-9-19)28(44-20)31(32,33)34/h5-11,16H,12-15,17-18H2,1-4H3,(H,38,39). The van der Waals surface area contributed by atoms with Crippen molar-refractivity contribution in [1.29, 1.82) is 0 Å².